The van der Waals surface area contributed by atoms with Crippen LogP contribution >= 0.6 is 0 Å². The van der Waals surface area contributed by atoms with E-state index in [0.29, 0.717) is 0 Å². The summed E-state index contributed by atoms with van der Waals surface area (Å²) >= 11 is 0. The van der Waals surface area contributed by atoms with Gasteiger partial charge in [-0.3, -0.25) is 0 Å². The Morgan fingerprint density at radius 2 is 2.05 bits per heavy atom. The summed E-state index contributed by atoms with van der Waals surface area (Å²) in [4.78, 5) is 2.31. The Morgan fingerprint density at radius 1 is 1.16 bits per heavy atom. The summed E-state index contributed by atoms with van der Waals surface area (Å²) in [5.41, 5.74) is 3.80. The van der Waals surface area contributed by atoms with Gasteiger partial charge in [-0.25, -0.2) is 9.47 Å². The van der Waals surface area contributed by atoms with E-state index in [0.717, 1.165) is 6.67 Å². The molecule has 1 aliphatic rings. The van der Waals surface area contributed by atoms with Crippen LogP contribution in [0.15, 0.2) is 48.8 Å². The van der Waals surface area contributed by atoms with Crippen LogP contribution in [0.2, 0.25) is 0 Å². The number of hydrogen-bond acceptors (Lipinski definition) is 2. The van der Waals surface area contributed by atoms with Crippen molar-refractivity contribution in [2.45, 2.75) is 6.92 Å². The van der Waals surface area contributed by atoms with Crippen LogP contribution in [0.25, 0.3) is 6.08 Å². The Balaban J connectivity index is 2.18. The number of benzene rings is 1. The summed E-state index contributed by atoms with van der Waals surface area (Å²) < 4.78 is 2.14. The number of pyridine rings is 1. The molecule has 1 aromatic carbocycles. The van der Waals surface area contributed by atoms with Crippen LogP contribution < -0.4 is 14.8 Å². The summed E-state index contributed by atoms with van der Waals surface area (Å²) in [6.07, 6.45) is 6.22. The van der Waals surface area contributed by atoms with Gasteiger partial charge in [0.15, 0.2) is 6.67 Å². The van der Waals surface area contributed by atoms with Crippen LogP contribution in [0.5, 0.6) is 0 Å². The number of rotatable bonds is 1. The highest BCUT2D eigenvalue weighted by Gasteiger charge is 2.24. The van der Waals surface area contributed by atoms with Crippen LogP contribution in [0.3, 0.4) is 0 Å². The monoisotopic (exact) mass is 252 g/mol. The van der Waals surface area contributed by atoms with Gasteiger partial charge in [-0.05, 0) is 24.6 Å². The van der Waals surface area contributed by atoms with Crippen molar-refractivity contribution in [3.8, 4) is 0 Å². The molecule has 3 nitrogen and oxygen atoms in total. The fraction of sp³-hybridized carbons (Fsp3) is 0.188. The minimum absolute atomic E-state index is 0.770. The molecule has 96 valence electrons. The molecule has 2 aromatic rings. The maximum atomic E-state index is 3.33. The number of aromatic nitrogens is 1. The molecule has 19 heavy (non-hydrogen) atoms. The van der Waals surface area contributed by atoms with Crippen molar-refractivity contribution in [1.29, 1.82) is 0 Å². The average molecular weight is 252 g/mol. The van der Waals surface area contributed by atoms with Gasteiger partial charge in [-0.1, -0.05) is 24.3 Å². The SMILES string of the molecule is Cc1cccc2c1N(c1cccc[n+]1C)CNC=C2. The number of para-hydroxylation sites is 1. The molecule has 0 fully saturated rings. The Kier molecular flexibility index (Phi) is 2.95. The molecule has 0 radical (unpaired) electrons. The van der Waals surface area contributed by atoms with Gasteiger partial charge in [0.2, 0.25) is 0 Å². The second-order valence-corrected chi connectivity index (χ2v) is 4.81. The van der Waals surface area contributed by atoms with Gasteiger partial charge in [0.05, 0.1) is 13.2 Å². The molecule has 3 rings (SSSR count). The van der Waals surface area contributed by atoms with E-state index in [9.17, 15) is 0 Å². The molecule has 0 bridgehead atoms. The number of aryl methyl sites for hydroxylation is 2. The highest BCUT2D eigenvalue weighted by Crippen LogP contribution is 2.31. The maximum Gasteiger partial charge on any atom is 0.282 e. The van der Waals surface area contributed by atoms with E-state index in [-0.39, 0.29) is 0 Å². The third kappa shape index (κ3) is 2.08. The Bertz CT molecular complexity index is 632. The summed E-state index contributed by atoms with van der Waals surface area (Å²) in [6, 6.07) is 12.7. The van der Waals surface area contributed by atoms with E-state index in [1.165, 1.54) is 22.6 Å². The molecule has 3 heteroatoms. The minimum Gasteiger partial charge on any atom is -0.356 e. The van der Waals surface area contributed by atoms with Crippen molar-refractivity contribution >= 4 is 17.6 Å². The molecule has 2 heterocycles. The van der Waals surface area contributed by atoms with Gasteiger partial charge in [-0.15, -0.1) is 0 Å². The lowest BCUT2D eigenvalue weighted by molar-refractivity contribution is -0.658. The zero-order valence-corrected chi connectivity index (χ0v) is 11.3. The van der Waals surface area contributed by atoms with Crippen molar-refractivity contribution < 1.29 is 4.57 Å². The molecule has 0 unspecified atom stereocenters. The first-order chi connectivity index (χ1) is 9.27. The lowest BCUT2D eigenvalue weighted by Gasteiger charge is -2.20. The van der Waals surface area contributed by atoms with Crippen LogP contribution in [0, 0.1) is 6.92 Å². The van der Waals surface area contributed by atoms with E-state index in [1.807, 2.05) is 12.3 Å². The Morgan fingerprint density at radius 3 is 2.89 bits per heavy atom. The predicted octanol–water partition coefficient (Wildman–Crippen LogP) is 2.49. The number of hydrogen-bond donors (Lipinski definition) is 1. The summed E-state index contributed by atoms with van der Waals surface area (Å²) in [6.45, 7) is 2.93. The highest BCUT2D eigenvalue weighted by atomic mass is 15.3. The lowest BCUT2D eigenvalue weighted by Crippen LogP contribution is -2.39. The predicted molar refractivity (Wildman–Crippen MR) is 78.0 cm³/mol. The number of anilines is 2. The van der Waals surface area contributed by atoms with E-state index in [2.05, 4.69) is 71.4 Å². The Labute approximate surface area is 113 Å². The normalized spacial score (nSPS) is 13.7. The first-order valence-electron chi connectivity index (χ1n) is 6.49. The molecule has 0 spiro atoms. The molecule has 1 N–H and O–H groups in total. The van der Waals surface area contributed by atoms with Crippen molar-refractivity contribution in [3.63, 3.8) is 0 Å². The first-order valence-corrected chi connectivity index (χ1v) is 6.49. The molecule has 0 aliphatic carbocycles. The van der Waals surface area contributed by atoms with E-state index in [4.69, 9.17) is 0 Å². The van der Waals surface area contributed by atoms with E-state index in [1.54, 1.807) is 0 Å². The van der Waals surface area contributed by atoms with Crippen molar-refractivity contribution in [2.75, 3.05) is 11.6 Å². The van der Waals surface area contributed by atoms with Gasteiger partial charge < -0.3 is 5.32 Å². The van der Waals surface area contributed by atoms with Crippen LogP contribution in [-0.4, -0.2) is 6.67 Å². The van der Waals surface area contributed by atoms with Crippen molar-refractivity contribution in [2.24, 2.45) is 7.05 Å². The topological polar surface area (TPSA) is 19.1 Å². The zero-order chi connectivity index (χ0) is 13.2. The molecule has 1 aromatic heterocycles. The van der Waals surface area contributed by atoms with Crippen molar-refractivity contribution in [1.82, 2.24) is 5.32 Å². The summed E-state index contributed by atoms with van der Waals surface area (Å²) in [7, 11) is 2.08. The first kappa shape index (κ1) is 11.8. The van der Waals surface area contributed by atoms with Gasteiger partial charge >= 0.3 is 0 Å². The van der Waals surface area contributed by atoms with Gasteiger partial charge in [-0.2, -0.15) is 0 Å². The van der Waals surface area contributed by atoms with E-state index >= 15 is 0 Å². The van der Waals surface area contributed by atoms with Gasteiger partial charge in [0.25, 0.3) is 5.82 Å². The zero-order valence-electron chi connectivity index (χ0n) is 11.3. The fourth-order valence-electron chi connectivity index (χ4n) is 2.55. The minimum atomic E-state index is 0.770. The highest BCUT2D eigenvalue weighted by molar-refractivity contribution is 5.75. The third-order valence-corrected chi connectivity index (χ3v) is 3.47. The summed E-state index contributed by atoms with van der Waals surface area (Å²) in [5.74, 6) is 1.18. The standard InChI is InChI=1S/C16H18N3/c1-13-6-5-7-14-9-10-17-12-19(16(13)14)15-8-3-4-11-18(15)2/h3-11,17H,12H2,1-2H3/q+1. The molecule has 0 saturated heterocycles. The maximum absolute atomic E-state index is 3.33. The quantitative estimate of drug-likeness (QED) is 0.786. The molecular formula is C16H18N3+. The second kappa shape index (κ2) is 4.76. The molecule has 0 atom stereocenters. The van der Waals surface area contributed by atoms with Gasteiger partial charge in [0.1, 0.15) is 5.69 Å². The smallest absolute Gasteiger partial charge is 0.282 e. The average Bonchev–Trinajstić information content (AvgIpc) is 2.63. The Hall–Kier alpha value is -2.29. The lowest BCUT2D eigenvalue weighted by atomic mass is 10.1. The summed E-state index contributed by atoms with van der Waals surface area (Å²) in [5, 5.41) is 3.33. The molecular weight excluding hydrogens is 234 g/mol. The molecule has 0 saturated carbocycles. The van der Waals surface area contributed by atoms with Crippen LogP contribution in [0.1, 0.15) is 11.1 Å². The van der Waals surface area contributed by atoms with E-state index < -0.39 is 0 Å². The second-order valence-electron chi connectivity index (χ2n) is 4.81. The van der Waals surface area contributed by atoms with Crippen molar-refractivity contribution in [3.05, 3.63) is 59.9 Å². The van der Waals surface area contributed by atoms with Crippen LogP contribution in [-0.2, 0) is 7.05 Å². The molecule has 0 amide bonds. The third-order valence-electron chi connectivity index (χ3n) is 3.47. The van der Waals surface area contributed by atoms with Gasteiger partial charge in [0, 0.05) is 17.8 Å². The molecule has 1 aliphatic heterocycles. The van der Waals surface area contributed by atoms with Crippen LogP contribution in [0.4, 0.5) is 11.5 Å². The largest absolute Gasteiger partial charge is 0.356 e. The fourth-order valence-corrected chi connectivity index (χ4v) is 2.55. The number of nitrogens with zero attached hydrogens (tertiary/aromatic N) is 2. The number of fused-ring (bicyclic) bond motifs is 1. The number of nitrogens with one attached hydrogen (secondary N) is 1.